The first-order valence-corrected chi connectivity index (χ1v) is 12.5. The van der Waals surface area contributed by atoms with Crippen molar-refractivity contribution >= 4 is 17.2 Å². The highest BCUT2D eigenvalue weighted by Gasteiger charge is 2.32. The molecule has 0 atom stereocenters. The van der Waals surface area contributed by atoms with Gasteiger partial charge in [0, 0.05) is 31.3 Å². The second-order valence-electron chi connectivity index (χ2n) is 9.64. The summed E-state index contributed by atoms with van der Waals surface area (Å²) in [5.74, 6) is 1.25. The van der Waals surface area contributed by atoms with Crippen LogP contribution in [0.15, 0.2) is 36.5 Å². The van der Waals surface area contributed by atoms with Crippen molar-refractivity contribution in [1.82, 2.24) is 9.88 Å². The van der Waals surface area contributed by atoms with Crippen LogP contribution in [0.3, 0.4) is 0 Å². The normalized spacial score (nSPS) is 20.8. The Balaban J connectivity index is 1.33. The van der Waals surface area contributed by atoms with Gasteiger partial charge in [-0.05, 0) is 69.5 Å². The van der Waals surface area contributed by atoms with E-state index in [1.54, 1.807) is 12.1 Å². The number of benzene rings is 1. The van der Waals surface area contributed by atoms with Gasteiger partial charge in [-0.3, -0.25) is 0 Å². The lowest BCUT2D eigenvalue weighted by Crippen LogP contribution is -2.30. The van der Waals surface area contributed by atoms with Gasteiger partial charge in [-0.25, -0.2) is 10.2 Å². The van der Waals surface area contributed by atoms with E-state index in [0.29, 0.717) is 29.5 Å². The molecule has 1 saturated heterocycles. The largest absolute Gasteiger partial charge is 0.573 e. The van der Waals surface area contributed by atoms with Crippen molar-refractivity contribution in [2.45, 2.75) is 51.4 Å². The predicted octanol–water partition coefficient (Wildman–Crippen LogP) is 5.71. The van der Waals surface area contributed by atoms with Crippen molar-refractivity contribution in [3.05, 3.63) is 47.0 Å². The fraction of sp³-hybridized carbons (Fsp3) is 0.560. The van der Waals surface area contributed by atoms with Crippen LogP contribution in [0, 0.1) is 16.7 Å². The van der Waals surface area contributed by atoms with Crippen LogP contribution in [0.25, 0.3) is 0 Å². The van der Waals surface area contributed by atoms with Crippen molar-refractivity contribution < 1.29 is 28.0 Å². The zero-order valence-corrected chi connectivity index (χ0v) is 20.1. The Morgan fingerprint density at radius 2 is 1.78 bits per heavy atom. The Kier molecular flexibility index (Phi) is 8.50. The van der Waals surface area contributed by atoms with Crippen molar-refractivity contribution in [2.75, 3.05) is 36.8 Å². The minimum Gasteiger partial charge on any atom is -0.405 e. The lowest BCUT2D eigenvalue weighted by Gasteiger charge is -2.31. The van der Waals surface area contributed by atoms with E-state index in [2.05, 4.69) is 25.3 Å². The summed E-state index contributed by atoms with van der Waals surface area (Å²) in [7, 11) is 0. The highest BCUT2D eigenvalue weighted by molar-refractivity contribution is 5.65. The molecule has 2 aliphatic rings. The molecule has 1 aliphatic heterocycles. The van der Waals surface area contributed by atoms with Crippen LogP contribution in [0.4, 0.5) is 30.4 Å². The molecule has 11 heteroatoms. The molecule has 196 valence electrons. The number of rotatable bonds is 10. The van der Waals surface area contributed by atoms with Crippen LogP contribution >= 0.6 is 0 Å². The van der Waals surface area contributed by atoms with Gasteiger partial charge >= 0.3 is 12.0 Å². The van der Waals surface area contributed by atoms with Gasteiger partial charge in [0.2, 0.25) is 0 Å². The van der Waals surface area contributed by atoms with Gasteiger partial charge in [-0.1, -0.05) is 18.2 Å². The van der Waals surface area contributed by atoms with Crippen LogP contribution in [-0.2, 0) is 6.54 Å². The monoisotopic (exact) mass is 508 g/mol. The molecule has 4 rings (SSSR count). The number of hydrogen-bond acceptors (Lipinski definition) is 6. The maximum atomic E-state index is 12.7. The maximum absolute atomic E-state index is 12.7. The number of alkyl halides is 3. The Morgan fingerprint density at radius 1 is 1.08 bits per heavy atom. The molecule has 1 aromatic carbocycles. The Morgan fingerprint density at radius 3 is 2.47 bits per heavy atom. The van der Waals surface area contributed by atoms with E-state index < -0.39 is 6.36 Å². The van der Waals surface area contributed by atoms with Gasteiger partial charge in [0.1, 0.15) is 23.5 Å². The lowest BCUT2D eigenvalue weighted by atomic mass is 9.81. The molecule has 0 amide bonds. The number of aromatic nitrogens is 1. The van der Waals surface area contributed by atoms with Crippen molar-refractivity contribution in [1.29, 1.82) is 0 Å². The van der Waals surface area contributed by atoms with Crippen molar-refractivity contribution in [3.8, 4) is 5.75 Å². The summed E-state index contributed by atoms with van der Waals surface area (Å²) in [6.45, 7) is 4.31. The summed E-state index contributed by atoms with van der Waals surface area (Å²) in [5, 5.41) is 15.7. The first kappa shape index (κ1) is 26.0. The fourth-order valence-electron chi connectivity index (χ4n) is 5.10. The molecule has 36 heavy (non-hydrogen) atoms. The summed E-state index contributed by atoms with van der Waals surface area (Å²) in [6, 6.07) is 7.42. The Labute approximate surface area is 208 Å². The van der Waals surface area contributed by atoms with Gasteiger partial charge < -0.3 is 20.3 Å². The highest BCUT2D eigenvalue weighted by Crippen LogP contribution is 2.32. The van der Waals surface area contributed by atoms with Gasteiger partial charge in [-0.15, -0.1) is 13.2 Å². The van der Waals surface area contributed by atoms with Crippen LogP contribution in [-0.4, -0.2) is 52.6 Å². The maximum Gasteiger partial charge on any atom is 0.573 e. The standard InChI is InChI=1S/C25H33F3N5O3/c26-25(27,28)36-23-6-2-1-5-20(23)15-30-24-13-21(22(16-31-24)33(34)35)29-14-18-7-9-19(10-8-18)17-32-11-3-4-12-32/h1-2,5-6,13,16,18-19H,3-4,7-12,14-15,17H2,(H,34,35)(H2,29,30,31)/q+1/t18-,19-. The zero-order valence-electron chi connectivity index (χ0n) is 20.1. The van der Waals surface area contributed by atoms with E-state index in [1.165, 1.54) is 69.7 Å². The van der Waals surface area contributed by atoms with E-state index in [-0.39, 0.29) is 22.9 Å². The molecule has 2 aromatic rings. The first-order valence-electron chi connectivity index (χ1n) is 12.5. The molecule has 1 saturated carbocycles. The average molecular weight is 509 g/mol. The molecule has 0 unspecified atom stereocenters. The number of hydrogen-bond donors (Lipinski definition) is 3. The quantitative estimate of drug-likeness (QED) is 0.355. The number of pyridine rings is 1. The number of nitrogens with zero attached hydrogens (tertiary/aromatic N) is 3. The van der Waals surface area contributed by atoms with Gasteiger partial charge in [-0.2, -0.15) is 0 Å². The lowest BCUT2D eigenvalue weighted by molar-refractivity contribution is -0.729. The molecule has 8 nitrogen and oxygen atoms in total. The highest BCUT2D eigenvalue weighted by atomic mass is 19.4. The summed E-state index contributed by atoms with van der Waals surface area (Å²) >= 11 is 0. The van der Waals surface area contributed by atoms with E-state index >= 15 is 0 Å². The molecule has 2 fully saturated rings. The first-order chi connectivity index (χ1) is 17.3. The Bertz CT molecular complexity index is 1020. The third-order valence-corrected chi connectivity index (χ3v) is 7.01. The number of para-hydroxylation sites is 1. The predicted molar refractivity (Wildman–Crippen MR) is 129 cm³/mol. The average Bonchev–Trinajstić information content (AvgIpc) is 3.35. The molecule has 0 bridgehead atoms. The van der Waals surface area contributed by atoms with E-state index in [9.17, 15) is 23.3 Å². The van der Waals surface area contributed by atoms with Crippen LogP contribution in [0.5, 0.6) is 5.75 Å². The summed E-state index contributed by atoms with van der Waals surface area (Å²) in [4.78, 5) is 18.1. The zero-order chi connectivity index (χ0) is 25.5. The second-order valence-corrected chi connectivity index (χ2v) is 9.64. The fourth-order valence-corrected chi connectivity index (χ4v) is 5.10. The summed E-state index contributed by atoms with van der Waals surface area (Å²) in [5.41, 5.74) is 0.682. The summed E-state index contributed by atoms with van der Waals surface area (Å²) < 4.78 is 42.1. The molecule has 0 spiro atoms. The number of likely N-dealkylation sites (tertiary alicyclic amines) is 1. The molecule has 3 N–H and O–H groups in total. The molecule has 1 aromatic heterocycles. The van der Waals surface area contributed by atoms with Crippen LogP contribution < -0.4 is 15.4 Å². The number of anilines is 2. The molecule has 2 heterocycles. The molecule has 1 aliphatic carbocycles. The molecular formula is C25H33F3N5O3+. The van der Waals surface area contributed by atoms with E-state index in [4.69, 9.17) is 0 Å². The van der Waals surface area contributed by atoms with Gasteiger partial charge in [0.15, 0.2) is 0 Å². The topological polar surface area (TPSA) is 89.7 Å². The van der Waals surface area contributed by atoms with Crippen LogP contribution in [0.1, 0.15) is 44.1 Å². The van der Waals surface area contributed by atoms with Gasteiger partial charge in [0.05, 0.1) is 4.91 Å². The van der Waals surface area contributed by atoms with E-state index in [0.717, 1.165) is 18.8 Å². The second kappa shape index (κ2) is 11.8. The minimum absolute atomic E-state index is 0.0240. The van der Waals surface area contributed by atoms with Gasteiger partial charge in [0.25, 0.3) is 4.92 Å². The Hall–Kier alpha value is -3.08. The molecule has 0 radical (unpaired) electrons. The number of nitrogens with one attached hydrogen (secondary N) is 2. The third kappa shape index (κ3) is 7.46. The van der Waals surface area contributed by atoms with Crippen molar-refractivity contribution in [3.63, 3.8) is 0 Å². The number of halogens is 3. The van der Waals surface area contributed by atoms with E-state index in [1.807, 2.05) is 0 Å². The third-order valence-electron chi connectivity index (χ3n) is 7.01. The molecular weight excluding hydrogens is 475 g/mol. The SMILES string of the molecule is O=[N+](O)c1cnc(NCc2ccccc2OC(F)(F)F)cc1NC[C@H]1CC[C@H](CN2CCCC2)CC1. The smallest absolute Gasteiger partial charge is 0.405 e. The number of ether oxygens (including phenoxy) is 1. The van der Waals surface area contributed by atoms with Crippen molar-refractivity contribution in [2.24, 2.45) is 11.8 Å². The summed E-state index contributed by atoms with van der Waals surface area (Å²) in [6.07, 6.45) is 3.62. The van der Waals surface area contributed by atoms with Crippen LogP contribution in [0.2, 0.25) is 0 Å². The minimum atomic E-state index is -4.79.